The third-order valence-corrected chi connectivity index (χ3v) is 3.14. The Morgan fingerprint density at radius 1 is 1.30 bits per heavy atom. The van der Waals surface area contributed by atoms with Gasteiger partial charge in [0.1, 0.15) is 11.6 Å². The summed E-state index contributed by atoms with van der Waals surface area (Å²) in [5.74, 6) is -1.46. The third kappa shape index (κ3) is 3.27. The fourth-order valence-corrected chi connectivity index (χ4v) is 2.03. The van der Waals surface area contributed by atoms with Crippen molar-refractivity contribution in [3.8, 4) is 5.75 Å². The molecule has 0 aliphatic carbocycles. The Bertz CT molecular complexity index is 646. The Balaban J connectivity index is 2.15. The molecule has 1 amide bonds. The number of hydrogen-bond acceptors (Lipinski definition) is 2. The maximum absolute atomic E-state index is 12.9. The molecule has 0 bridgehead atoms. The zero-order chi connectivity index (χ0) is 14.7. The Morgan fingerprint density at radius 3 is 2.70 bits per heavy atom. The van der Waals surface area contributed by atoms with E-state index in [-0.39, 0.29) is 17.4 Å². The van der Waals surface area contributed by atoms with Gasteiger partial charge in [-0.15, -0.1) is 0 Å². The molecule has 2 aromatic rings. The van der Waals surface area contributed by atoms with Crippen molar-refractivity contribution in [1.29, 1.82) is 0 Å². The van der Waals surface area contributed by atoms with E-state index in [0.29, 0.717) is 5.02 Å². The number of halogens is 2. The van der Waals surface area contributed by atoms with Crippen LogP contribution < -0.4 is 5.32 Å². The van der Waals surface area contributed by atoms with Crippen LogP contribution in [0.2, 0.25) is 5.02 Å². The summed E-state index contributed by atoms with van der Waals surface area (Å²) < 4.78 is 12.9. The minimum Gasteiger partial charge on any atom is -0.507 e. The van der Waals surface area contributed by atoms with Gasteiger partial charge in [-0.05, 0) is 36.8 Å². The van der Waals surface area contributed by atoms with Crippen molar-refractivity contribution < 1.29 is 14.3 Å². The van der Waals surface area contributed by atoms with Crippen molar-refractivity contribution in [3.05, 3.63) is 64.4 Å². The molecule has 2 N–H and O–H groups in total. The molecule has 0 aliphatic heterocycles. The van der Waals surface area contributed by atoms with Gasteiger partial charge in [-0.3, -0.25) is 4.79 Å². The van der Waals surface area contributed by atoms with Crippen LogP contribution in [0.3, 0.4) is 0 Å². The number of nitrogens with one attached hydrogen (secondary N) is 1. The minimum absolute atomic E-state index is 0.0280. The van der Waals surface area contributed by atoms with Crippen molar-refractivity contribution in [2.75, 3.05) is 0 Å². The number of aromatic hydroxyl groups is 1. The first kappa shape index (κ1) is 14.3. The van der Waals surface area contributed by atoms with E-state index in [1.165, 1.54) is 6.07 Å². The van der Waals surface area contributed by atoms with Crippen LogP contribution in [0.25, 0.3) is 0 Å². The molecule has 0 saturated heterocycles. The Kier molecular flexibility index (Phi) is 4.25. The molecule has 20 heavy (non-hydrogen) atoms. The molecule has 2 rings (SSSR count). The molecule has 0 heterocycles. The lowest BCUT2D eigenvalue weighted by atomic mass is 10.1. The van der Waals surface area contributed by atoms with Gasteiger partial charge in [0.2, 0.25) is 0 Å². The summed E-state index contributed by atoms with van der Waals surface area (Å²) >= 11 is 5.89. The maximum Gasteiger partial charge on any atom is 0.255 e. The van der Waals surface area contributed by atoms with Crippen LogP contribution in [0.15, 0.2) is 42.5 Å². The van der Waals surface area contributed by atoms with Gasteiger partial charge in [0.15, 0.2) is 0 Å². The lowest BCUT2D eigenvalue weighted by molar-refractivity contribution is 0.0937. The molecule has 5 heteroatoms. The number of amides is 1. The fraction of sp³-hybridized carbons (Fsp3) is 0.133. The molecular weight excluding hydrogens is 281 g/mol. The van der Waals surface area contributed by atoms with Gasteiger partial charge in [0.05, 0.1) is 11.6 Å². The molecule has 1 atom stereocenters. The molecule has 0 fully saturated rings. The van der Waals surface area contributed by atoms with Gasteiger partial charge in [-0.1, -0.05) is 23.7 Å². The second-order valence-electron chi connectivity index (χ2n) is 4.41. The molecule has 2 aromatic carbocycles. The van der Waals surface area contributed by atoms with E-state index in [9.17, 15) is 14.3 Å². The quantitative estimate of drug-likeness (QED) is 0.907. The van der Waals surface area contributed by atoms with E-state index in [1.807, 2.05) is 6.07 Å². The largest absolute Gasteiger partial charge is 0.507 e. The van der Waals surface area contributed by atoms with Crippen molar-refractivity contribution in [2.24, 2.45) is 0 Å². The van der Waals surface area contributed by atoms with E-state index in [4.69, 9.17) is 11.6 Å². The minimum atomic E-state index is -0.595. The molecule has 104 valence electrons. The Labute approximate surface area is 121 Å². The topological polar surface area (TPSA) is 49.3 Å². The molecule has 0 radical (unpaired) electrons. The second kappa shape index (κ2) is 5.92. The predicted molar refractivity (Wildman–Crippen MR) is 75.4 cm³/mol. The summed E-state index contributed by atoms with van der Waals surface area (Å²) in [5, 5.41) is 12.9. The van der Waals surface area contributed by atoms with Crippen molar-refractivity contribution >= 4 is 17.5 Å². The number of phenols is 1. The van der Waals surface area contributed by atoms with Gasteiger partial charge in [0.25, 0.3) is 5.91 Å². The first-order valence-electron chi connectivity index (χ1n) is 6.02. The lowest BCUT2D eigenvalue weighted by Crippen LogP contribution is -2.26. The first-order chi connectivity index (χ1) is 9.47. The smallest absolute Gasteiger partial charge is 0.255 e. The Morgan fingerprint density at radius 2 is 2.05 bits per heavy atom. The first-order valence-corrected chi connectivity index (χ1v) is 6.40. The highest BCUT2D eigenvalue weighted by atomic mass is 35.5. The van der Waals surface area contributed by atoms with Gasteiger partial charge in [-0.25, -0.2) is 4.39 Å². The van der Waals surface area contributed by atoms with Crippen molar-refractivity contribution in [2.45, 2.75) is 13.0 Å². The SMILES string of the molecule is CC(NC(=O)c1ccc(F)cc1O)c1cccc(Cl)c1. The van der Waals surface area contributed by atoms with E-state index in [2.05, 4.69) is 5.32 Å². The number of carbonyl (C=O) groups is 1. The van der Waals surface area contributed by atoms with E-state index < -0.39 is 11.7 Å². The maximum atomic E-state index is 12.9. The molecule has 3 nitrogen and oxygen atoms in total. The van der Waals surface area contributed by atoms with Gasteiger partial charge in [0, 0.05) is 11.1 Å². The normalized spacial score (nSPS) is 11.9. The Hall–Kier alpha value is -2.07. The highest BCUT2D eigenvalue weighted by molar-refractivity contribution is 6.30. The number of carbonyl (C=O) groups excluding carboxylic acids is 1. The van der Waals surface area contributed by atoms with Crippen LogP contribution in [0, 0.1) is 5.82 Å². The van der Waals surface area contributed by atoms with Gasteiger partial charge in [-0.2, -0.15) is 0 Å². The zero-order valence-corrected chi connectivity index (χ0v) is 11.5. The summed E-state index contributed by atoms with van der Waals surface area (Å²) in [5.41, 5.74) is 0.868. The fourth-order valence-electron chi connectivity index (χ4n) is 1.83. The predicted octanol–water partition coefficient (Wildman–Crippen LogP) is 3.68. The van der Waals surface area contributed by atoms with E-state index >= 15 is 0 Å². The van der Waals surface area contributed by atoms with Crippen LogP contribution >= 0.6 is 11.6 Å². The number of phenolic OH excluding ortho intramolecular Hbond substituents is 1. The molecule has 1 unspecified atom stereocenters. The number of benzene rings is 2. The summed E-state index contributed by atoms with van der Waals surface area (Å²) in [6, 6.07) is 10.1. The average molecular weight is 294 g/mol. The molecule has 0 aromatic heterocycles. The summed E-state index contributed by atoms with van der Waals surface area (Å²) in [7, 11) is 0. The van der Waals surface area contributed by atoms with E-state index in [1.54, 1.807) is 25.1 Å². The molecular formula is C15H13ClFNO2. The summed E-state index contributed by atoms with van der Waals surface area (Å²) in [6.07, 6.45) is 0. The molecule has 0 spiro atoms. The monoisotopic (exact) mass is 293 g/mol. The van der Waals surface area contributed by atoms with Crippen molar-refractivity contribution in [1.82, 2.24) is 5.32 Å². The van der Waals surface area contributed by atoms with E-state index in [0.717, 1.165) is 17.7 Å². The molecule has 0 saturated carbocycles. The summed E-state index contributed by atoms with van der Waals surface area (Å²) in [6.45, 7) is 1.80. The molecule has 0 aliphatic rings. The number of hydrogen-bond donors (Lipinski definition) is 2. The highest BCUT2D eigenvalue weighted by Crippen LogP contribution is 2.21. The van der Waals surface area contributed by atoms with Crippen LogP contribution in [-0.2, 0) is 0 Å². The third-order valence-electron chi connectivity index (χ3n) is 2.90. The van der Waals surface area contributed by atoms with Crippen LogP contribution in [0.1, 0.15) is 28.9 Å². The van der Waals surface area contributed by atoms with Gasteiger partial charge >= 0.3 is 0 Å². The zero-order valence-electron chi connectivity index (χ0n) is 10.7. The van der Waals surface area contributed by atoms with Crippen LogP contribution in [0.4, 0.5) is 4.39 Å². The standard InChI is InChI=1S/C15H13ClFNO2/c1-9(10-3-2-4-11(16)7-10)18-15(20)13-6-5-12(17)8-14(13)19/h2-9,19H,1H3,(H,18,20). The van der Waals surface area contributed by atoms with Crippen LogP contribution in [0.5, 0.6) is 5.75 Å². The number of rotatable bonds is 3. The second-order valence-corrected chi connectivity index (χ2v) is 4.85. The van der Waals surface area contributed by atoms with Crippen LogP contribution in [-0.4, -0.2) is 11.0 Å². The van der Waals surface area contributed by atoms with Gasteiger partial charge < -0.3 is 10.4 Å². The lowest BCUT2D eigenvalue weighted by Gasteiger charge is -2.15. The average Bonchev–Trinajstić information content (AvgIpc) is 2.38. The van der Waals surface area contributed by atoms with Crippen molar-refractivity contribution in [3.63, 3.8) is 0 Å². The summed E-state index contributed by atoms with van der Waals surface area (Å²) in [4.78, 5) is 12.0. The highest BCUT2D eigenvalue weighted by Gasteiger charge is 2.15.